The summed E-state index contributed by atoms with van der Waals surface area (Å²) in [5, 5.41) is 15.9. The number of methoxy groups -OCH3 is 1. The lowest BCUT2D eigenvalue weighted by Gasteiger charge is -2.19. The van der Waals surface area contributed by atoms with E-state index < -0.39 is 6.04 Å². The number of aryl methyl sites for hydroxylation is 1. The van der Waals surface area contributed by atoms with Crippen molar-refractivity contribution in [2.24, 2.45) is 5.92 Å². The van der Waals surface area contributed by atoms with Crippen LogP contribution in [-0.4, -0.2) is 62.3 Å². The summed E-state index contributed by atoms with van der Waals surface area (Å²) < 4.78 is 5.49. The lowest BCUT2D eigenvalue weighted by Crippen LogP contribution is -2.46. The fourth-order valence-corrected chi connectivity index (χ4v) is 8.29. The third-order valence-corrected chi connectivity index (χ3v) is 11.3. The van der Waals surface area contributed by atoms with E-state index in [0.717, 1.165) is 26.4 Å². The van der Waals surface area contributed by atoms with Gasteiger partial charge in [0.05, 0.1) is 29.5 Å². The Hall–Kier alpha value is -4.53. The maximum Gasteiger partial charge on any atom is 0.265 e. The van der Waals surface area contributed by atoms with E-state index in [1.165, 1.54) is 41.1 Å². The molecule has 3 aromatic heterocycles. The number of nitrogens with one attached hydrogen (secondary N) is 5. The molecule has 4 aromatic rings. The van der Waals surface area contributed by atoms with Crippen molar-refractivity contribution < 1.29 is 28.7 Å². The monoisotopic (exact) mass is 751 g/mol. The number of hydrogen-bond acceptors (Lipinski definition) is 9. The molecular formula is C37H45N5O6S3. The Labute approximate surface area is 310 Å². The zero-order valence-corrected chi connectivity index (χ0v) is 32.3. The first kappa shape index (κ1) is 39.3. The molecule has 5 amide bonds. The van der Waals surface area contributed by atoms with Crippen molar-refractivity contribution in [3.63, 3.8) is 0 Å². The second-order valence-electron chi connectivity index (χ2n) is 12.7. The van der Waals surface area contributed by atoms with Gasteiger partial charge in [0.25, 0.3) is 17.7 Å². The molecule has 0 saturated heterocycles. The van der Waals surface area contributed by atoms with Crippen molar-refractivity contribution >= 4 is 63.5 Å². The van der Waals surface area contributed by atoms with E-state index in [1.807, 2.05) is 65.0 Å². The number of likely N-dealkylation sites (N-methyl/N-ethyl adjacent to an activating group) is 1. The van der Waals surface area contributed by atoms with Crippen LogP contribution in [0.15, 0.2) is 53.9 Å². The van der Waals surface area contributed by atoms with E-state index in [4.69, 9.17) is 4.74 Å². The van der Waals surface area contributed by atoms with E-state index in [-0.39, 0.29) is 54.1 Å². The molecule has 0 radical (unpaired) electrons. The molecule has 0 aliphatic rings. The van der Waals surface area contributed by atoms with Gasteiger partial charge in [0, 0.05) is 29.3 Å². The van der Waals surface area contributed by atoms with Crippen molar-refractivity contribution in [2.75, 3.05) is 20.7 Å². The van der Waals surface area contributed by atoms with Crippen LogP contribution in [0.2, 0.25) is 0 Å². The van der Waals surface area contributed by atoms with Gasteiger partial charge in [0.2, 0.25) is 11.8 Å². The highest BCUT2D eigenvalue weighted by molar-refractivity contribution is 7.17. The second kappa shape index (κ2) is 18.1. The van der Waals surface area contributed by atoms with Gasteiger partial charge in [-0.1, -0.05) is 38.1 Å². The summed E-state index contributed by atoms with van der Waals surface area (Å²) in [4.78, 5) is 67.0. The topological polar surface area (TPSA) is 155 Å². The molecule has 0 spiro atoms. The van der Waals surface area contributed by atoms with Crippen LogP contribution >= 0.6 is 34.0 Å². The molecule has 0 bridgehead atoms. The van der Waals surface area contributed by atoms with Crippen LogP contribution < -0.4 is 31.3 Å². The first-order valence-electron chi connectivity index (χ1n) is 16.6. The number of benzene rings is 1. The van der Waals surface area contributed by atoms with Gasteiger partial charge in [-0.3, -0.25) is 24.0 Å². The van der Waals surface area contributed by atoms with E-state index in [1.54, 1.807) is 30.6 Å². The second-order valence-corrected chi connectivity index (χ2v) is 15.8. The number of carbonyl (C=O) groups excluding carboxylic acids is 5. The highest BCUT2D eigenvalue weighted by Gasteiger charge is 2.26. The van der Waals surface area contributed by atoms with Crippen molar-refractivity contribution in [3.8, 4) is 16.2 Å². The van der Waals surface area contributed by atoms with Crippen LogP contribution in [0.5, 0.6) is 5.75 Å². The normalized spacial score (nSPS) is 12.8. The number of hydrogen-bond donors (Lipinski definition) is 5. The molecule has 5 N–H and O–H groups in total. The average molecular weight is 752 g/mol. The molecule has 11 nitrogen and oxygen atoms in total. The van der Waals surface area contributed by atoms with Crippen molar-refractivity contribution in [2.45, 2.75) is 65.6 Å². The van der Waals surface area contributed by atoms with Crippen LogP contribution in [0.4, 0.5) is 0 Å². The Morgan fingerprint density at radius 1 is 0.843 bits per heavy atom. The van der Waals surface area contributed by atoms with Crippen LogP contribution in [0.1, 0.15) is 85.2 Å². The maximum atomic E-state index is 13.4. The van der Waals surface area contributed by atoms with Gasteiger partial charge in [0.15, 0.2) is 0 Å². The Kier molecular flexibility index (Phi) is 13.9. The average Bonchev–Trinajstić information content (AvgIpc) is 3.87. The van der Waals surface area contributed by atoms with Crippen LogP contribution in [0.25, 0.3) is 10.4 Å². The van der Waals surface area contributed by atoms with Gasteiger partial charge in [-0.25, -0.2) is 0 Å². The fourth-order valence-electron chi connectivity index (χ4n) is 5.42. The Morgan fingerprint density at radius 2 is 1.59 bits per heavy atom. The quantitative estimate of drug-likeness (QED) is 0.0988. The van der Waals surface area contributed by atoms with Gasteiger partial charge < -0.3 is 31.3 Å². The van der Waals surface area contributed by atoms with E-state index in [0.29, 0.717) is 33.2 Å². The summed E-state index contributed by atoms with van der Waals surface area (Å²) in [6.07, 6.45) is 0.978. The van der Waals surface area contributed by atoms with Gasteiger partial charge in [-0.15, -0.1) is 34.0 Å². The molecule has 51 heavy (non-hydrogen) atoms. The van der Waals surface area contributed by atoms with Gasteiger partial charge in [0.1, 0.15) is 16.7 Å². The Bertz CT molecular complexity index is 1850. The summed E-state index contributed by atoms with van der Waals surface area (Å²) in [6, 6.07) is 13.8. The Morgan fingerprint density at radius 3 is 2.25 bits per heavy atom. The van der Waals surface area contributed by atoms with E-state index in [2.05, 4.69) is 26.6 Å². The summed E-state index contributed by atoms with van der Waals surface area (Å²) in [6.45, 7) is 9.54. The first-order valence-corrected chi connectivity index (χ1v) is 19.1. The highest BCUT2D eigenvalue weighted by Crippen LogP contribution is 2.33. The van der Waals surface area contributed by atoms with Crippen LogP contribution in [-0.2, 0) is 16.0 Å². The first-order chi connectivity index (χ1) is 24.3. The van der Waals surface area contributed by atoms with Gasteiger partial charge in [-0.2, -0.15) is 0 Å². The predicted octanol–water partition coefficient (Wildman–Crippen LogP) is 5.71. The minimum absolute atomic E-state index is 0.129. The molecule has 3 heterocycles. The molecule has 0 saturated carbocycles. The largest absolute Gasteiger partial charge is 0.495 e. The molecule has 0 aliphatic heterocycles. The lowest BCUT2D eigenvalue weighted by atomic mass is 10.0. The van der Waals surface area contributed by atoms with Crippen molar-refractivity contribution in [1.82, 2.24) is 26.6 Å². The number of carbonyl (C=O) groups is 5. The third-order valence-electron chi connectivity index (χ3n) is 7.96. The molecule has 3 atom stereocenters. The Balaban J connectivity index is 1.36. The van der Waals surface area contributed by atoms with E-state index in [9.17, 15) is 24.0 Å². The van der Waals surface area contributed by atoms with E-state index >= 15 is 0 Å². The SMILES string of the molecule is CNC(=O)C(CC(C)C)NC(=O)c1sc(CC(C)NC(=O)c2sc(-c3cccc(C(C)NC(=O)CNC(=O)c4cccs4)c3)cc2C)cc1OC. The van der Waals surface area contributed by atoms with Crippen LogP contribution in [0.3, 0.4) is 0 Å². The standard InChI is InChI=1S/C37H45N5O6S3/c1-20(2)14-27(34(44)38-6)42-37(47)33-28(48-7)18-26(50-33)16-22(4)40-36(46)32-21(3)15-30(51-32)25-11-8-10-24(17-25)23(5)41-31(43)19-39-35(45)29-12-9-13-49-29/h8-13,15,17-18,20,22-23,27H,14,16,19H2,1-7H3,(H,38,44)(H,39,45)(H,40,46)(H,41,43)(H,42,47). The molecule has 4 rings (SSSR count). The molecule has 14 heteroatoms. The molecule has 3 unspecified atom stereocenters. The zero-order chi connectivity index (χ0) is 37.2. The van der Waals surface area contributed by atoms with Crippen LogP contribution in [0, 0.1) is 12.8 Å². The highest BCUT2D eigenvalue weighted by atomic mass is 32.1. The maximum absolute atomic E-state index is 13.4. The minimum atomic E-state index is -0.663. The number of rotatable bonds is 16. The van der Waals surface area contributed by atoms with Gasteiger partial charge in [-0.05, 0) is 79.4 Å². The molecule has 1 aromatic carbocycles. The number of thiophene rings is 3. The smallest absolute Gasteiger partial charge is 0.265 e. The number of ether oxygens (including phenoxy) is 1. The summed E-state index contributed by atoms with van der Waals surface area (Å²) in [5.41, 5.74) is 2.65. The van der Waals surface area contributed by atoms with Gasteiger partial charge >= 0.3 is 0 Å². The molecular weight excluding hydrogens is 707 g/mol. The number of amides is 5. The summed E-state index contributed by atoms with van der Waals surface area (Å²) in [5.74, 6) is -0.782. The molecule has 272 valence electrons. The minimum Gasteiger partial charge on any atom is -0.495 e. The predicted molar refractivity (Wildman–Crippen MR) is 204 cm³/mol. The fraction of sp³-hybridized carbons (Fsp3) is 0.378. The lowest BCUT2D eigenvalue weighted by molar-refractivity contribution is -0.123. The summed E-state index contributed by atoms with van der Waals surface area (Å²) >= 11 is 3.98. The van der Waals surface area contributed by atoms with Crippen molar-refractivity contribution in [1.29, 1.82) is 0 Å². The molecule has 0 fully saturated rings. The molecule has 0 aliphatic carbocycles. The zero-order valence-electron chi connectivity index (χ0n) is 29.8. The van der Waals surface area contributed by atoms with Crippen molar-refractivity contribution in [3.05, 3.63) is 84.5 Å². The third kappa shape index (κ3) is 10.7. The summed E-state index contributed by atoms with van der Waals surface area (Å²) in [7, 11) is 3.04.